The molecular weight excluding hydrogens is 309 g/mol. The molecule has 19 heavy (non-hydrogen) atoms. The van der Waals surface area contributed by atoms with E-state index in [1.165, 1.54) is 24.4 Å². The molecule has 1 heterocycles. The Bertz CT molecular complexity index is 650. The van der Waals surface area contributed by atoms with Crippen LogP contribution in [0.25, 0.3) is 0 Å². The van der Waals surface area contributed by atoms with Crippen molar-refractivity contribution in [1.82, 2.24) is 4.98 Å². The maximum Gasteiger partial charge on any atom is 0.196 e. The number of nitrogen functional groups attached to an aromatic ring is 2. The number of nitrogens with two attached hydrogens (primary N) is 2. The van der Waals surface area contributed by atoms with Gasteiger partial charge in [0.05, 0.1) is 26.3 Å². The van der Waals surface area contributed by atoms with Gasteiger partial charge in [-0.25, -0.2) is 4.98 Å². The number of benzene rings is 1. The van der Waals surface area contributed by atoms with Gasteiger partial charge in [-0.1, -0.05) is 34.8 Å². The average Bonchev–Trinajstić information content (AvgIpc) is 2.37. The summed E-state index contributed by atoms with van der Waals surface area (Å²) in [4.78, 5) is 16.1. The van der Waals surface area contributed by atoms with Crippen LogP contribution in [0.15, 0.2) is 24.4 Å². The Morgan fingerprint density at radius 2 is 1.63 bits per heavy atom. The van der Waals surface area contributed by atoms with Gasteiger partial charge in [-0.2, -0.15) is 0 Å². The molecule has 4 N–H and O–H groups in total. The molecule has 1 aromatic carbocycles. The third kappa shape index (κ3) is 2.76. The minimum absolute atomic E-state index is 0.0819. The molecule has 0 fully saturated rings. The summed E-state index contributed by atoms with van der Waals surface area (Å²) >= 11 is 17.6. The van der Waals surface area contributed by atoms with Crippen LogP contribution in [0.5, 0.6) is 0 Å². The van der Waals surface area contributed by atoms with Crippen molar-refractivity contribution >= 4 is 52.1 Å². The molecule has 2 aromatic rings. The highest BCUT2D eigenvalue weighted by Gasteiger charge is 2.16. The maximum absolute atomic E-state index is 12.3. The molecule has 0 aliphatic heterocycles. The van der Waals surface area contributed by atoms with Crippen LogP contribution in [0, 0.1) is 0 Å². The largest absolute Gasteiger partial charge is 0.396 e. The Morgan fingerprint density at radius 1 is 1.05 bits per heavy atom. The number of halogens is 3. The van der Waals surface area contributed by atoms with Gasteiger partial charge in [-0.15, -0.1) is 0 Å². The summed E-state index contributed by atoms with van der Waals surface area (Å²) in [6.07, 6.45) is 1.36. The molecule has 1 aromatic heterocycles. The first-order chi connectivity index (χ1) is 8.90. The molecule has 0 amide bonds. The Balaban J connectivity index is 2.53. The lowest BCUT2D eigenvalue weighted by molar-refractivity contribution is 0.103. The predicted molar refractivity (Wildman–Crippen MR) is 78.0 cm³/mol. The Hall–Kier alpha value is -1.49. The van der Waals surface area contributed by atoms with Crippen LogP contribution in [-0.2, 0) is 0 Å². The lowest BCUT2D eigenvalue weighted by Crippen LogP contribution is -2.07. The number of nitrogens with zero attached hydrogens (tertiary/aromatic N) is 1. The Kier molecular flexibility index (Phi) is 3.85. The molecule has 0 bridgehead atoms. The van der Waals surface area contributed by atoms with E-state index in [0.29, 0.717) is 5.02 Å². The van der Waals surface area contributed by atoms with Crippen molar-refractivity contribution in [3.8, 4) is 0 Å². The molecule has 0 aliphatic rings. The zero-order chi connectivity index (χ0) is 14.2. The van der Waals surface area contributed by atoms with E-state index in [9.17, 15) is 4.79 Å². The Labute approximate surface area is 124 Å². The van der Waals surface area contributed by atoms with E-state index < -0.39 is 0 Å². The number of carbonyl (C=O) groups excluding carboxylic acids is 1. The molecule has 98 valence electrons. The van der Waals surface area contributed by atoms with E-state index in [2.05, 4.69) is 4.98 Å². The first-order valence-corrected chi connectivity index (χ1v) is 6.23. The molecule has 0 radical (unpaired) electrons. The summed E-state index contributed by atoms with van der Waals surface area (Å²) in [5, 5.41) is 0.707. The van der Waals surface area contributed by atoms with E-state index in [-0.39, 0.29) is 38.5 Å². The topological polar surface area (TPSA) is 82.0 Å². The van der Waals surface area contributed by atoms with Gasteiger partial charge >= 0.3 is 0 Å². The van der Waals surface area contributed by atoms with Crippen LogP contribution in [0.4, 0.5) is 11.5 Å². The molecule has 7 heteroatoms. The fourth-order valence-corrected chi connectivity index (χ4v) is 2.15. The van der Waals surface area contributed by atoms with Gasteiger partial charge in [0.15, 0.2) is 5.78 Å². The molecule has 0 saturated carbocycles. The number of carbonyl (C=O) groups is 1. The molecule has 0 unspecified atom stereocenters. The highest BCUT2D eigenvalue weighted by Crippen LogP contribution is 2.30. The first-order valence-electron chi connectivity index (χ1n) is 5.10. The van der Waals surface area contributed by atoms with E-state index in [1.54, 1.807) is 0 Å². The lowest BCUT2D eigenvalue weighted by atomic mass is 10.0. The van der Waals surface area contributed by atoms with Gasteiger partial charge in [-0.3, -0.25) is 4.79 Å². The van der Waals surface area contributed by atoms with Crippen LogP contribution >= 0.6 is 34.8 Å². The number of ketones is 1. The van der Waals surface area contributed by atoms with Crippen molar-refractivity contribution in [2.75, 3.05) is 11.5 Å². The monoisotopic (exact) mass is 315 g/mol. The minimum atomic E-state index is -0.378. The van der Waals surface area contributed by atoms with Gasteiger partial charge in [0.2, 0.25) is 0 Å². The quantitative estimate of drug-likeness (QED) is 0.657. The first kappa shape index (κ1) is 13.9. The standard InChI is InChI=1S/C12H8Cl3N3O/c13-6-3-7(12(17)18-4-6)11(19)5-1-8(14)10(16)9(15)2-5/h1-4H,16H2,(H2,17,18). The van der Waals surface area contributed by atoms with Gasteiger partial charge in [0, 0.05) is 11.8 Å². The van der Waals surface area contributed by atoms with Crippen LogP contribution in [0.1, 0.15) is 15.9 Å². The average molecular weight is 317 g/mol. The number of hydrogen-bond donors (Lipinski definition) is 2. The molecule has 0 atom stereocenters. The number of anilines is 2. The van der Waals surface area contributed by atoms with Crippen molar-refractivity contribution in [2.45, 2.75) is 0 Å². The van der Waals surface area contributed by atoms with E-state index >= 15 is 0 Å². The van der Waals surface area contributed by atoms with Crippen LogP contribution in [-0.4, -0.2) is 10.8 Å². The highest BCUT2D eigenvalue weighted by molar-refractivity contribution is 6.39. The summed E-state index contributed by atoms with van der Waals surface area (Å²) in [6, 6.07) is 4.28. The number of rotatable bonds is 2. The molecular formula is C12H8Cl3N3O. The summed E-state index contributed by atoms with van der Waals surface area (Å²) in [5.74, 6) is -0.297. The zero-order valence-corrected chi connectivity index (χ0v) is 11.7. The van der Waals surface area contributed by atoms with E-state index in [4.69, 9.17) is 46.3 Å². The number of hydrogen-bond acceptors (Lipinski definition) is 4. The minimum Gasteiger partial charge on any atom is -0.396 e. The van der Waals surface area contributed by atoms with Crippen molar-refractivity contribution in [3.63, 3.8) is 0 Å². The highest BCUT2D eigenvalue weighted by atomic mass is 35.5. The van der Waals surface area contributed by atoms with Gasteiger partial charge in [0.25, 0.3) is 0 Å². The van der Waals surface area contributed by atoms with Crippen LogP contribution in [0.2, 0.25) is 15.1 Å². The molecule has 4 nitrogen and oxygen atoms in total. The predicted octanol–water partition coefficient (Wildman–Crippen LogP) is 3.44. The molecule has 0 aliphatic carbocycles. The van der Waals surface area contributed by atoms with Crippen molar-refractivity contribution in [3.05, 3.63) is 50.6 Å². The summed E-state index contributed by atoms with van der Waals surface area (Å²) < 4.78 is 0. The smallest absolute Gasteiger partial charge is 0.196 e. The summed E-state index contributed by atoms with van der Waals surface area (Å²) in [7, 11) is 0. The van der Waals surface area contributed by atoms with Crippen LogP contribution in [0.3, 0.4) is 0 Å². The fraction of sp³-hybridized carbons (Fsp3) is 0. The van der Waals surface area contributed by atoms with Crippen molar-refractivity contribution in [2.24, 2.45) is 0 Å². The van der Waals surface area contributed by atoms with Crippen molar-refractivity contribution < 1.29 is 4.79 Å². The van der Waals surface area contributed by atoms with Gasteiger partial charge in [-0.05, 0) is 18.2 Å². The fourth-order valence-electron chi connectivity index (χ4n) is 1.50. The van der Waals surface area contributed by atoms with Crippen LogP contribution < -0.4 is 11.5 Å². The third-order valence-electron chi connectivity index (χ3n) is 2.47. The molecule has 2 rings (SSSR count). The van der Waals surface area contributed by atoms with E-state index in [0.717, 1.165) is 0 Å². The summed E-state index contributed by atoms with van der Waals surface area (Å²) in [5.41, 5.74) is 11.9. The number of aromatic nitrogens is 1. The number of pyridine rings is 1. The SMILES string of the molecule is Nc1ncc(Cl)cc1C(=O)c1cc(Cl)c(N)c(Cl)c1. The second kappa shape index (κ2) is 5.25. The zero-order valence-electron chi connectivity index (χ0n) is 9.45. The second-order valence-electron chi connectivity index (χ2n) is 3.77. The summed E-state index contributed by atoms with van der Waals surface area (Å²) in [6.45, 7) is 0. The van der Waals surface area contributed by atoms with Gasteiger partial charge < -0.3 is 11.5 Å². The molecule has 0 saturated heterocycles. The second-order valence-corrected chi connectivity index (χ2v) is 5.02. The lowest BCUT2D eigenvalue weighted by Gasteiger charge is -2.07. The van der Waals surface area contributed by atoms with Crippen molar-refractivity contribution in [1.29, 1.82) is 0 Å². The van der Waals surface area contributed by atoms with Gasteiger partial charge in [0.1, 0.15) is 5.82 Å². The molecule has 0 spiro atoms. The normalized spacial score (nSPS) is 10.5. The third-order valence-corrected chi connectivity index (χ3v) is 3.30. The van der Waals surface area contributed by atoms with E-state index in [1.807, 2.05) is 0 Å². The maximum atomic E-state index is 12.3. The Morgan fingerprint density at radius 3 is 2.21 bits per heavy atom.